The lowest BCUT2D eigenvalue weighted by Gasteiger charge is -2.62. The molecule has 0 aromatic heterocycles. The Morgan fingerprint density at radius 3 is 2.71 bits per heavy atom. The van der Waals surface area contributed by atoms with E-state index in [0.29, 0.717) is 37.0 Å². The Bertz CT molecular complexity index is 1090. The van der Waals surface area contributed by atoms with Crippen molar-refractivity contribution < 1.29 is 14.9 Å². The van der Waals surface area contributed by atoms with Crippen molar-refractivity contribution in [2.24, 2.45) is 5.92 Å². The molecule has 2 N–H and O–H groups in total. The largest absolute Gasteiger partial charge is 0.504 e. The topological polar surface area (TPSA) is 76.7 Å². The third-order valence-corrected chi connectivity index (χ3v) is 7.87. The molecule has 0 amide bonds. The van der Waals surface area contributed by atoms with Gasteiger partial charge in [0.15, 0.2) is 11.5 Å². The maximum Gasteiger partial charge on any atom is 0.162 e. The first-order valence-corrected chi connectivity index (χ1v) is 10.9. The number of aliphatic hydroxyl groups is 1. The molecule has 1 fully saturated rings. The molecule has 0 unspecified atom stereocenters. The fourth-order valence-electron chi connectivity index (χ4n) is 6.37. The molecule has 31 heavy (non-hydrogen) atoms. The van der Waals surface area contributed by atoms with Gasteiger partial charge in [0.05, 0.1) is 24.2 Å². The van der Waals surface area contributed by atoms with Gasteiger partial charge in [-0.25, -0.2) is 0 Å². The monoisotopic (exact) mass is 416 g/mol. The van der Waals surface area contributed by atoms with Crippen LogP contribution >= 0.6 is 0 Å². The molecule has 5 heteroatoms. The molecule has 5 rings (SSSR count). The van der Waals surface area contributed by atoms with Gasteiger partial charge in [0, 0.05) is 23.1 Å². The van der Waals surface area contributed by atoms with Gasteiger partial charge in [-0.05, 0) is 56.5 Å². The van der Waals surface area contributed by atoms with Gasteiger partial charge in [-0.2, -0.15) is 5.26 Å². The number of benzene rings is 2. The number of rotatable bonds is 3. The van der Waals surface area contributed by atoms with Gasteiger partial charge in [0.1, 0.15) is 0 Å². The van der Waals surface area contributed by atoms with Crippen LogP contribution in [0.4, 0.5) is 0 Å². The standard InChI is InChI=1S/C26H28N2O3/c1-28-11-10-25-14-20(16-27)19(12-17-6-4-3-5-7-17)15-26(25,30)22(28)13-18-8-9-21(31-2)24(29)23(18)25/h3-9,14,19,22,29-30H,10-13,15H2,1-2H3/t19-,22-,25-,26-/m1/s1. The number of hydrogen-bond donors (Lipinski definition) is 2. The third-order valence-electron chi connectivity index (χ3n) is 7.87. The molecular formula is C26H28N2O3. The number of nitriles is 1. The molecule has 2 aromatic rings. The summed E-state index contributed by atoms with van der Waals surface area (Å²) in [5.41, 5.74) is 1.75. The maximum atomic E-state index is 12.4. The molecule has 2 aliphatic carbocycles. The average Bonchev–Trinajstić information content (AvgIpc) is 2.76. The summed E-state index contributed by atoms with van der Waals surface area (Å²) in [4.78, 5) is 2.24. The predicted octanol–water partition coefficient (Wildman–Crippen LogP) is 3.34. The first kappa shape index (κ1) is 20.1. The summed E-state index contributed by atoms with van der Waals surface area (Å²) in [6.45, 7) is 0.793. The van der Waals surface area contributed by atoms with E-state index in [0.717, 1.165) is 23.2 Å². The number of aromatic hydroxyl groups is 1. The molecule has 2 aromatic carbocycles. The Morgan fingerprint density at radius 2 is 2.00 bits per heavy atom. The van der Waals surface area contributed by atoms with Crippen LogP contribution in [0, 0.1) is 17.2 Å². The number of ether oxygens (including phenoxy) is 1. The number of nitrogens with zero attached hydrogens (tertiary/aromatic N) is 2. The normalized spacial score (nSPS) is 31.7. The van der Waals surface area contributed by atoms with Crippen LogP contribution in [-0.4, -0.2) is 47.5 Å². The number of likely N-dealkylation sites (N-methyl/N-ethyl adjacent to an activating group) is 1. The SMILES string of the molecule is COc1ccc2c(c1O)[C@@]13C=C(C#N)[C@H](Cc4ccccc4)C[C@@]1(O)[C@@H](C2)N(C)CC3. The minimum absolute atomic E-state index is 0.0613. The lowest BCUT2D eigenvalue weighted by atomic mass is 9.49. The van der Waals surface area contributed by atoms with Gasteiger partial charge in [-0.15, -0.1) is 0 Å². The van der Waals surface area contributed by atoms with E-state index in [4.69, 9.17) is 4.74 Å². The smallest absolute Gasteiger partial charge is 0.162 e. The number of phenolic OH excluding ortho intramolecular Hbond substituents is 1. The fourth-order valence-corrected chi connectivity index (χ4v) is 6.37. The predicted molar refractivity (Wildman–Crippen MR) is 118 cm³/mol. The van der Waals surface area contributed by atoms with E-state index in [1.807, 2.05) is 30.3 Å². The van der Waals surface area contributed by atoms with Gasteiger partial charge in [-0.3, -0.25) is 0 Å². The molecule has 1 heterocycles. The first-order chi connectivity index (χ1) is 14.9. The van der Waals surface area contributed by atoms with Crippen molar-refractivity contribution in [2.75, 3.05) is 20.7 Å². The van der Waals surface area contributed by atoms with E-state index in [1.165, 1.54) is 0 Å². The van der Waals surface area contributed by atoms with E-state index in [2.05, 4.69) is 30.1 Å². The van der Waals surface area contributed by atoms with E-state index < -0.39 is 11.0 Å². The van der Waals surface area contributed by atoms with Gasteiger partial charge in [0.2, 0.25) is 0 Å². The van der Waals surface area contributed by atoms with Gasteiger partial charge >= 0.3 is 0 Å². The van der Waals surface area contributed by atoms with Crippen LogP contribution in [-0.2, 0) is 18.3 Å². The van der Waals surface area contributed by atoms with Crippen LogP contribution in [0.15, 0.2) is 54.1 Å². The van der Waals surface area contributed by atoms with Crippen LogP contribution in [0.2, 0.25) is 0 Å². The zero-order valence-electron chi connectivity index (χ0n) is 18.0. The van der Waals surface area contributed by atoms with Crippen LogP contribution in [0.1, 0.15) is 29.5 Å². The second-order valence-corrected chi connectivity index (χ2v) is 9.30. The van der Waals surface area contributed by atoms with Crippen LogP contribution in [0.3, 0.4) is 0 Å². The number of fused-ring (bicyclic) bond motifs is 1. The molecule has 0 radical (unpaired) electrons. The fraction of sp³-hybridized carbons (Fsp3) is 0.423. The molecule has 160 valence electrons. The Hall–Kier alpha value is -2.81. The maximum absolute atomic E-state index is 12.4. The van der Waals surface area contributed by atoms with E-state index in [-0.39, 0.29) is 17.7 Å². The Kier molecular flexibility index (Phi) is 4.62. The molecule has 2 bridgehead atoms. The summed E-state index contributed by atoms with van der Waals surface area (Å²) in [5.74, 6) is 0.441. The number of methoxy groups -OCH3 is 1. The van der Waals surface area contributed by atoms with Gasteiger partial charge in [-0.1, -0.05) is 42.5 Å². The highest BCUT2D eigenvalue weighted by atomic mass is 16.5. The number of phenols is 1. The van der Waals surface area contributed by atoms with Crippen molar-refractivity contribution >= 4 is 0 Å². The first-order valence-electron chi connectivity index (χ1n) is 10.9. The van der Waals surface area contributed by atoms with E-state index in [9.17, 15) is 15.5 Å². The second-order valence-electron chi connectivity index (χ2n) is 9.30. The summed E-state index contributed by atoms with van der Waals surface area (Å²) < 4.78 is 5.40. The van der Waals surface area contributed by atoms with Crippen LogP contribution in [0.25, 0.3) is 0 Å². The molecule has 0 saturated carbocycles. The number of piperidine rings is 1. The van der Waals surface area contributed by atoms with Crippen molar-refractivity contribution in [2.45, 2.75) is 42.7 Å². The number of hydrogen-bond acceptors (Lipinski definition) is 5. The lowest BCUT2D eigenvalue weighted by Crippen LogP contribution is -2.71. The Balaban J connectivity index is 1.71. The van der Waals surface area contributed by atoms with E-state index in [1.54, 1.807) is 13.2 Å². The zero-order valence-corrected chi connectivity index (χ0v) is 18.0. The Morgan fingerprint density at radius 1 is 1.23 bits per heavy atom. The lowest BCUT2D eigenvalue weighted by molar-refractivity contribution is -0.140. The summed E-state index contributed by atoms with van der Waals surface area (Å²) in [6, 6.07) is 16.3. The highest BCUT2D eigenvalue weighted by molar-refractivity contribution is 5.61. The number of likely N-dealkylation sites (tertiary alicyclic amines) is 1. The summed E-state index contributed by atoms with van der Waals surface area (Å²) in [6.07, 6.45) is 4.50. The number of allylic oxidation sites excluding steroid dienone is 1. The molecule has 4 atom stereocenters. The van der Waals surface area contributed by atoms with Crippen LogP contribution < -0.4 is 4.74 Å². The highest BCUT2D eigenvalue weighted by Crippen LogP contribution is 2.60. The summed E-state index contributed by atoms with van der Waals surface area (Å²) >= 11 is 0. The van der Waals surface area contributed by atoms with Crippen molar-refractivity contribution in [1.29, 1.82) is 5.26 Å². The van der Waals surface area contributed by atoms with Crippen molar-refractivity contribution in [1.82, 2.24) is 4.90 Å². The Labute approximate surface area is 183 Å². The molecule has 1 aliphatic heterocycles. The second kappa shape index (κ2) is 7.12. The summed E-state index contributed by atoms with van der Waals surface area (Å²) in [7, 11) is 3.61. The minimum Gasteiger partial charge on any atom is -0.504 e. The summed E-state index contributed by atoms with van der Waals surface area (Å²) in [5, 5.41) is 33.6. The quantitative estimate of drug-likeness (QED) is 0.803. The van der Waals surface area contributed by atoms with Crippen molar-refractivity contribution in [3.63, 3.8) is 0 Å². The molecule has 1 saturated heterocycles. The zero-order chi connectivity index (χ0) is 21.8. The van der Waals surface area contributed by atoms with Gasteiger partial charge in [0.25, 0.3) is 0 Å². The molecule has 3 aliphatic rings. The van der Waals surface area contributed by atoms with E-state index >= 15 is 0 Å². The van der Waals surface area contributed by atoms with Crippen LogP contribution in [0.5, 0.6) is 11.5 Å². The van der Waals surface area contributed by atoms with Crippen molar-refractivity contribution in [3.05, 3.63) is 70.8 Å². The highest BCUT2D eigenvalue weighted by Gasteiger charge is 2.64. The minimum atomic E-state index is -1.07. The average molecular weight is 417 g/mol. The van der Waals surface area contributed by atoms with Gasteiger partial charge < -0.3 is 19.8 Å². The molecule has 5 nitrogen and oxygen atoms in total. The third kappa shape index (κ3) is 2.75. The molecule has 0 spiro atoms. The van der Waals surface area contributed by atoms with Crippen molar-refractivity contribution in [3.8, 4) is 17.6 Å². The molecular weight excluding hydrogens is 388 g/mol.